The van der Waals surface area contributed by atoms with E-state index in [1.807, 2.05) is 38.3 Å². The summed E-state index contributed by atoms with van der Waals surface area (Å²) in [4.78, 5) is 8.67. The first-order valence-electron chi connectivity index (χ1n) is 7.46. The van der Waals surface area contributed by atoms with Crippen LogP contribution in [0.15, 0.2) is 35.2 Å². The first kappa shape index (κ1) is 18.4. The van der Waals surface area contributed by atoms with Gasteiger partial charge in [-0.3, -0.25) is 0 Å². The molecule has 24 heavy (non-hydrogen) atoms. The number of halogens is 3. The highest BCUT2D eigenvalue weighted by molar-refractivity contribution is 7.98. The Hall–Kier alpha value is -1.96. The second-order valence-electron chi connectivity index (χ2n) is 5.24. The van der Waals surface area contributed by atoms with E-state index in [0.717, 1.165) is 17.4 Å². The average Bonchev–Trinajstić information content (AvgIpc) is 2.54. The van der Waals surface area contributed by atoms with Gasteiger partial charge in [0, 0.05) is 17.0 Å². The van der Waals surface area contributed by atoms with Crippen molar-refractivity contribution >= 4 is 29.2 Å². The molecule has 2 N–H and O–H groups in total. The minimum absolute atomic E-state index is 0.0279. The van der Waals surface area contributed by atoms with Gasteiger partial charge in [-0.25, -0.2) is 4.98 Å². The molecule has 8 heteroatoms. The van der Waals surface area contributed by atoms with Crippen molar-refractivity contribution in [2.45, 2.75) is 37.4 Å². The SMILES string of the molecule is CC[C@H](C)Nc1nc(Nc2ccccc2SC)cc(C(F)(F)F)n1. The zero-order valence-corrected chi connectivity index (χ0v) is 14.4. The molecular weight excluding hydrogens is 337 g/mol. The van der Waals surface area contributed by atoms with E-state index in [1.54, 1.807) is 6.07 Å². The van der Waals surface area contributed by atoms with Gasteiger partial charge in [-0.1, -0.05) is 19.1 Å². The molecule has 0 saturated carbocycles. The molecule has 0 amide bonds. The van der Waals surface area contributed by atoms with Crippen LogP contribution in [-0.2, 0) is 6.18 Å². The molecule has 0 fully saturated rings. The highest BCUT2D eigenvalue weighted by Gasteiger charge is 2.34. The van der Waals surface area contributed by atoms with Crippen molar-refractivity contribution in [3.63, 3.8) is 0 Å². The lowest BCUT2D eigenvalue weighted by molar-refractivity contribution is -0.141. The van der Waals surface area contributed by atoms with E-state index in [0.29, 0.717) is 5.69 Å². The van der Waals surface area contributed by atoms with Crippen molar-refractivity contribution in [3.8, 4) is 0 Å². The van der Waals surface area contributed by atoms with Crippen molar-refractivity contribution in [2.75, 3.05) is 16.9 Å². The third-order valence-corrected chi connectivity index (χ3v) is 4.17. The molecule has 2 aromatic rings. The number of thioether (sulfide) groups is 1. The van der Waals surface area contributed by atoms with Gasteiger partial charge in [-0.15, -0.1) is 11.8 Å². The van der Waals surface area contributed by atoms with E-state index in [1.165, 1.54) is 11.8 Å². The number of benzene rings is 1. The van der Waals surface area contributed by atoms with E-state index in [4.69, 9.17) is 0 Å². The molecule has 0 aliphatic heterocycles. The number of aromatic nitrogens is 2. The summed E-state index contributed by atoms with van der Waals surface area (Å²) < 4.78 is 39.3. The topological polar surface area (TPSA) is 49.8 Å². The predicted octanol–water partition coefficient (Wildman–Crippen LogP) is 5.17. The Morgan fingerprint density at radius 1 is 1.21 bits per heavy atom. The molecule has 0 bridgehead atoms. The molecule has 1 heterocycles. The molecule has 1 aromatic carbocycles. The van der Waals surface area contributed by atoms with E-state index >= 15 is 0 Å². The molecule has 130 valence electrons. The van der Waals surface area contributed by atoms with E-state index in [9.17, 15) is 13.2 Å². The largest absolute Gasteiger partial charge is 0.433 e. The zero-order chi connectivity index (χ0) is 17.7. The Bertz CT molecular complexity index is 691. The summed E-state index contributed by atoms with van der Waals surface area (Å²) in [6.07, 6.45) is -1.89. The fraction of sp³-hybridized carbons (Fsp3) is 0.375. The van der Waals surface area contributed by atoms with Gasteiger partial charge in [-0.05, 0) is 31.7 Å². The first-order valence-corrected chi connectivity index (χ1v) is 8.68. The van der Waals surface area contributed by atoms with Crippen molar-refractivity contribution in [2.24, 2.45) is 0 Å². The Kier molecular flexibility index (Phi) is 5.93. The average molecular weight is 356 g/mol. The summed E-state index contributed by atoms with van der Waals surface area (Å²) in [7, 11) is 0. The Morgan fingerprint density at radius 3 is 2.54 bits per heavy atom. The second kappa shape index (κ2) is 7.74. The van der Waals surface area contributed by atoms with Crippen LogP contribution < -0.4 is 10.6 Å². The molecule has 0 spiro atoms. The van der Waals surface area contributed by atoms with Crippen molar-refractivity contribution in [3.05, 3.63) is 36.0 Å². The smallest absolute Gasteiger partial charge is 0.352 e. The molecule has 1 atom stereocenters. The molecule has 0 aliphatic carbocycles. The van der Waals surface area contributed by atoms with Crippen LogP contribution in [0.3, 0.4) is 0 Å². The molecular formula is C16H19F3N4S. The van der Waals surface area contributed by atoms with Gasteiger partial charge in [0.05, 0.1) is 5.69 Å². The molecule has 0 saturated heterocycles. The van der Waals surface area contributed by atoms with Gasteiger partial charge in [0.15, 0.2) is 5.69 Å². The van der Waals surface area contributed by atoms with Crippen LogP contribution in [0.4, 0.5) is 30.6 Å². The lowest BCUT2D eigenvalue weighted by Gasteiger charge is -2.16. The molecule has 0 unspecified atom stereocenters. The van der Waals surface area contributed by atoms with Crippen LogP contribution in [0.5, 0.6) is 0 Å². The number of para-hydroxylation sites is 1. The van der Waals surface area contributed by atoms with E-state index in [-0.39, 0.29) is 17.8 Å². The van der Waals surface area contributed by atoms with Crippen molar-refractivity contribution in [1.29, 1.82) is 0 Å². The quantitative estimate of drug-likeness (QED) is 0.699. The standard InChI is InChI=1S/C16H19F3N4S/c1-4-10(2)20-15-22-13(16(17,18)19)9-14(23-15)21-11-7-5-6-8-12(11)24-3/h5-10H,4H2,1-3H3,(H2,20,21,22,23)/t10-/m0/s1. The second-order valence-corrected chi connectivity index (χ2v) is 6.09. The molecule has 4 nitrogen and oxygen atoms in total. The maximum Gasteiger partial charge on any atom is 0.433 e. The Morgan fingerprint density at radius 2 is 1.92 bits per heavy atom. The first-order chi connectivity index (χ1) is 11.3. The lowest BCUT2D eigenvalue weighted by Crippen LogP contribution is -2.18. The van der Waals surface area contributed by atoms with Crippen LogP contribution in [0.25, 0.3) is 0 Å². The summed E-state index contributed by atoms with van der Waals surface area (Å²) in [5.74, 6) is 0.0629. The van der Waals surface area contributed by atoms with Crippen molar-refractivity contribution in [1.82, 2.24) is 9.97 Å². The van der Waals surface area contributed by atoms with Gasteiger partial charge in [0.2, 0.25) is 5.95 Å². The fourth-order valence-electron chi connectivity index (χ4n) is 1.93. The minimum Gasteiger partial charge on any atom is -0.352 e. The summed E-state index contributed by atoms with van der Waals surface area (Å²) in [6.45, 7) is 3.79. The summed E-state index contributed by atoms with van der Waals surface area (Å²) in [5, 5.41) is 5.85. The third-order valence-electron chi connectivity index (χ3n) is 3.37. The van der Waals surface area contributed by atoms with Gasteiger partial charge in [0.25, 0.3) is 0 Å². The number of hydrogen-bond donors (Lipinski definition) is 2. The lowest BCUT2D eigenvalue weighted by atomic mass is 10.3. The maximum atomic E-state index is 13.1. The number of rotatable bonds is 6. The zero-order valence-electron chi connectivity index (χ0n) is 13.6. The van der Waals surface area contributed by atoms with E-state index in [2.05, 4.69) is 20.6 Å². The summed E-state index contributed by atoms with van der Waals surface area (Å²) >= 11 is 1.50. The number of hydrogen-bond acceptors (Lipinski definition) is 5. The van der Waals surface area contributed by atoms with Crippen LogP contribution >= 0.6 is 11.8 Å². The van der Waals surface area contributed by atoms with Crippen LogP contribution in [0.1, 0.15) is 26.0 Å². The van der Waals surface area contributed by atoms with Gasteiger partial charge < -0.3 is 10.6 Å². The van der Waals surface area contributed by atoms with Crippen LogP contribution in [0, 0.1) is 0 Å². The number of anilines is 3. The highest BCUT2D eigenvalue weighted by Crippen LogP contribution is 2.32. The number of nitrogens with one attached hydrogen (secondary N) is 2. The Labute approximate surface area is 143 Å². The predicted molar refractivity (Wildman–Crippen MR) is 91.9 cm³/mol. The molecule has 1 aromatic heterocycles. The summed E-state index contributed by atoms with van der Waals surface area (Å²) in [6, 6.07) is 8.25. The summed E-state index contributed by atoms with van der Waals surface area (Å²) in [5.41, 5.74) is -0.279. The van der Waals surface area contributed by atoms with Crippen LogP contribution in [-0.4, -0.2) is 22.3 Å². The fourth-order valence-corrected chi connectivity index (χ4v) is 2.48. The molecule has 0 radical (unpaired) electrons. The van der Waals surface area contributed by atoms with Crippen molar-refractivity contribution < 1.29 is 13.2 Å². The number of nitrogens with zero attached hydrogens (tertiary/aromatic N) is 2. The monoisotopic (exact) mass is 356 g/mol. The van der Waals surface area contributed by atoms with Gasteiger partial charge in [-0.2, -0.15) is 18.2 Å². The Balaban J connectivity index is 2.39. The number of alkyl halides is 3. The minimum atomic E-state index is -4.54. The highest BCUT2D eigenvalue weighted by atomic mass is 32.2. The van der Waals surface area contributed by atoms with Gasteiger partial charge in [0.1, 0.15) is 5.82 Å². The van der Waals surface area contributed by atoms with Gasteiger partial charge >= 0.3 is 6.18 Å². The van der Waals surface area contributed by atoms with Crippen LogP contribution in [0.2, 0.25) is 0 Å². The molecule has 2 rings (SSSR count). The molecule has 0 aliphatic rings. The third kappa shape index (κ3) is 4.77. The maximum absolute atomic E-state index is 13.1. The normalized spacial score (nSPS) is 12.8. The van der Waals surface area contributed by atoms with E-state index < -0.39 is 11.9 Å².